The minimum atomic E-state index is -3.37. The molecule has 6 nitrogen and oxygen atoms in total. The lowest BCUT2D eigenvalue weighted by molar-refractivity contribution is 0.112. The molecule has 0 saturated carbocycles. The van der Waals surface area contributed by atoms with Gasteiger partial charge in [0.15, 0.2) is 0 Å². The van der Waals surface area contributed by atoms with Gasteiger partial charge in [-0.15, -0.1) is 0 Å². The van der Waals surface area contributed by atoms with E-state index in [4.69, 9.17) is 0 Å². The van der Waals surface area contributed by atoms with E-state index in [2.05, 4.69) is 40.9 Å². The third-order valence-corrected chi connectivity index (χ3v) is 6.03. The van der Waals surface area contributed by atoms with Crippen LogP contribution in [0.3, 0.4) is 0 Å². The zero-order valence-corrected chi connectivity index (χ0v) is 15.2. The number of hydrogen-bond donors (Lipinski definition) is 2. The number of piperazine rings is 1. The smallest absolute Gasteiger partial charge is 0.240 e. The molecule has 0 bridgehead atoms. The van der Waals surface area contributed by atoms with Crippen molar-refractivity contribution >= 4 is 10.0 Å². The number of hydrogen-bond acceptors (Lipinski definition) is 5. The van der Waals surface area contributed by atoms with Gasteiger partial charge < -0.3 is 10.2 Å². The molecule has 1 heterocycles. The Morgan fingerprint density at radius 3 is 2.48 bits per heavy atom. The highest BCUT2D eigenvalue weighted by Crippen LogP contribution is 2.16. The van der Waals surface area contributed by atoms with Crippen molar-refractivity contribution in [3.63, 3.8) is 0 Å². The van der Waals surface area contributed by atoms with Crippen LogP contribution < -0.4 is 10.0 Å². The number of likely N-dealkylation sites (N-methyl/N-ethyl adjacent to an activating group) is 2. The molecule has 1 saturated heterocycles. The molecule has 0 aromatic heterocycles. The van der Waals surface area contributed by atoms with Crippen LogP contribution >= 0.6 is 0 Å². The summed E-state index contributed by atoms with van der Waals surface area (Å²) < 4.78 is 25.8. The van der Waals surface area contributed by atoms with Gasteiger partial charge in [-0.1, -0.05) is 12.1 Å². The van der Waals surface area contributed by atoms with E-state index in [0.717, 1.165) is 31.7 Å². The Kier molecular flexibility index (Phi) is 6.16. The topological polar surface area (TPSA) is 64.7 Å². The predicted octanol–water partition coefficient (Wildman–Crippen LogP) is 0.491. The van der Waals surface area contributed by atoms with Crippen LogP contribution in [-0.4, -0.2) is 71.6 Å². The second-order valence-electron chi connectivity index (χ2n) is 6.30. The minimum Gasteiger partial charge on any atom is -0.309 e. The monoisotopic (exact) mass is 340 g/mol. The average molecular weight is 340 g/mol. The quantitative estimate of drug-likeness (QED) is 0.789. The van der Waals surface area contributed by atoms with Crippen LogP contribution in [0.1, 0.15) is 18.5 Å². The van der Waals surface area contributed by atoms with Crippen LogP contribution in [0.2, 0.25) is 0 Å². The minimum absolute atomic E-state index is 0.182. The Morgan fingerprint density at radius 2 is 1.87 bits per heavy atom. The zero-order valence-electron chi connectivity index (χ0n) is 14.4. The SMILES string of the molecule is CNS(=O)(=O)c1ccc([C@H](C)NC[C@H]2CN(C)CCN2C)cc1. The van der Waals surface area contributed by atoms with Crippen LogP contribution in [0.15, 0.2) is 29.2 Å². The lowest BCUT2D eigenvalue weighted by atomic mass is 10.1. The number of benzene rings is 1. The molecule has 1 aliphatic heterocycles. The summed E-state index contributed by atoms with van der Waals surface area (Å²) in [5.41, 5.74) is 1.09. The van der Waals surface area contributed by atoms with Crippen molar-refractivity contribution in [3.8, 4) is 0 Å². The van der Waals surface area contributed by atoms with E-state index in [0.29, 0.717) is 10.9 Å². The Balaban J connectivity index is 1.94. The maximum atomic E-state index is 11.7. The van der Waals surface area contributed by atoms with Crippen molar-refractivity contribution in [2.45, 2.75) is 23.9 Å². The fourth-order valence-corrected chi connectivity index (χ4v) is 3.54. The van der Waals surface area contributed by atoms with Gasteiger partial charge >= 0.3 is 0 Å². The van der Waals surface area contributed by atoms with Gasteiger partial charge in [-0.3, -0.25) is 4.90 Å². The van der Waals surface area contributed by atoms with Crippen LogP contribution in [-0.2, 0) is 10.0 Å². The van der Waals surface area contributed by atoms with Gasteiger partial charge in [-0.2, -0.15) is 0 Å². The van der Waals surface area contributed by atoms with Gasteiger partial charge in [-0.05, 0) is 45.8 Å². The highest BCUT2D eigenvalue weighted by molar-refractivity contribution is 7.89. The number of sulfonamides is 1. The maximum absolute atomic E-state index is 11.7. The molecule has 0 spiro atoms. The fourth-order valence-electron chi connectivity index (χ4n) is 2.81. The second-order valence-corrected chi connectivity index (χ2v) is 8.19. The van der Waals surface area contributed by atoms with Gasteiger partial charge in [0.1, 0.15) is 0 Å². The Bertz CT molecular complexity index is 603. The van der Waals surface area contributed by atoms with Gasteiger partial charge in [0, 0.05) is 38.3 Å². The third kappa shape index (κ3) is 4.74. The molecular formula is C16H28N4O2S. The molecule has 0 unspecified atom stereocenters. The van der Waals surface area contributed by atoms with Crippen LogP contribution in [0, 0.1) is 0 Å². The molecule has 2 atom stereocenters. The molecule has 1 fully saturated rings. The molecule has 1 aromatic carbocycles. The number of nitrogens with zero attached hydrogens (tertiary/aromatic N) is 2. The summed E-state index contributed by atoms with van der Waals surface area (Å²) in [5, 5.41) is 3.56. The van der Waals surface area contributed by atoms with Crippen molar-refractivity contribution < 1.29 is 8.42 Å². The molecule has 1 aromatic rings. The molecule has 130 valence electrons. The van der Waals surface area contributed by atoms with Crippen LogP contribution in [0.5, 0.6) is 0 Å². The molecule has 1 aliphatic rings. The van der Waals surface area contributed by atoms with Gasteiger partial charge in [0.2, 0.25) is 10.0 Å². The van der Waals surface area contributed by atoms with Gasteiger partial charge in [0.05, 0.1) is 4.90 Å². The third-order valence-electron chi connectivity index (χ3n) is 4.60. The van der Waals surface area contributed by atoms with Gasteiger partial charge in [0.25, 0.3) is 0 Å². The molecule has 7 heteroatoms. The van der Waals surface area contributed by atoms with E-state index < -0.39 is 10.0 Å². The lowest BCUT2D eigenvalue weighted by Crippen LogP contribution is -2.53. The van der Waals surface area contributed by atoms with E-state index in [1.165, 1.54) is 7.05 Å². The first-order valence-corrected chi connectivity index (χ1v) is 9.47. The summed E-state index contributed by atoms with van der Waals surface area (Å²) in [5.74, 6) is 0. The number of rotatable bonds is 6. The molecule has 2 rings (SSSR count). The zero-order chi connectivity index (χ0) is 17.0. The summed E-state index contributed by atoms with van der Waals surface area (Å²) in [6, 6.07) is 7.74. The molecule has 0 aliphatic carbocycles. The number of nitrogens with one attached hydrogen (secondary N) is 2. The van der Waals surface area contributed by atoms with E-state index in [9.17, 15) is 8.42 Å². The summed E-state index contributed by atoms with van der Waals surface area (Å²) in [6.45, 7) is 6.29. The van der Waals surface area contributed by atoms with Crippen LogP contribution in [0.4, 0.5) is 0 Å². The lowest BCUT2D eigenvalue weighted by Gasteiger charge is -2.38. The standard InChI is InChI=1S/C16H28N4O2S/c1-13(18-11-15-12-19(3)9-10-20(15)4)14-5-7-16(8-6-14)23(21,22)17-2/h5-8,13,15,17-18H,9-12H2,1-4H3/t13-,15-/m0/s1. The van der Waals surface area contributed by atoms with E-state index in [-0.39, 0.29) is 6.04 Å². The van der Waals surface area contributed by atoms with Crippen molar-refractivity contribution in [1.82, 2.24) is 19.8 Å². The molecule has 23 heavy (non-hydrogen) atoms. The maximum Gasteiger partial charge on any atom is 0.240 e. The Hall–Kier alpha value is -0.990. The average Bonchev–Trinajstić information content (AvgIpc) is 2.55. The van der Waals surface area contributed by atoms with Crippen molar-refractivity contribution in [3.05, 3.63) is 29.8 Å². The predicted molar refractivity (Wildman–Crippen MR) is 93.0 cm³/mol. The first-order chi connectivity index (χ1) is 10.8. The molecule has 0 amide bonds. The fraction of sp³-hybridized carbons (Fsp3) is 0.625. The highest BCUT2D eigenvalue weighted by Gasteiger charge is 2.22. The van der Waals surface area contributed by atoms with E-state index in [1.54, 1.807) is 12.1 Å². The molecule has 0 radical (unpaired) electrons. The largest absolute Gasteiger partial charge is 0.309 e. The molecule has 2 N–H and O–H groups in total. The normalized spacial score (nSPS) is 22.2. The van der Waals surface area contributed by atoms with Crippen molar-refractivity contribution in [2.24, 2.45) is 0 Å². The summed E-state index contributed by atoms with van der Waals surface area (Å²) in [6.07, 6.45) is 0. The Labute approximate surface area is 139 Å². The highest BCUT2D eigenvalue weighted by atomic mass is 32.2. The van der Waals surface area contributed by atoms with E-state index in [1.807, 2.05) is 12.1 Å². The van der Waals surface area contributed by atoms with Crippen molar-refractivity contribution in [2.75, 3.05) is 47.3 Å². The molecular weight excluding hydrogens is 312 g/mol. The Morgan fingerprint density at radius 1 is 1.22 bits per heavy atom. The first kappa shape index (κ1) is 18.4. The van der Waals surface area contributed by atoms with E-state index >= 15 is 0 Å². The first-order valence-electron chi connectivity index (χ1n) is 7.99. The summed E-state index contributed by atoms with van der Waals surface area (Å²) in [4.78, 5) is 5.04. The summed E-state index contributed by atoms with van der Waals surface area (Å²) in [7, 11) is 2.38. The van der Waals surface area contributed by atoms with Crippen molar-refractivity contribution in [1.29, 1.82) is 0 Å². The summed E-state index contributed by atoms with van der Waals surface area (Å²) >= 11 is 0. The second kappa shape index (κ2) is 7.72. The van der Waals surface area contributed by atoms with Gasteiger partial charge in [-0.25, -0.2) is 13.1 Å². The van der Waals surface area contributed by atoms with Crippen LogP contribution in [0.25, 0.3) is 0 Å².